The lowest BCUT2D eigenvalue weighted by Gasteiger charge is -2.22. The average Bonchev–Trinajstić information content (AvgIpc) is 2.46. The van der Waals surface area contributed by atoms with Gasteiger partial charge in [0.1, 0.15) is 0 Å². The third kappa shape index (κ3) is 3.78. The number of benzene rings is 1. The summed E-state index contributed by atoms with van der Waals surface area (Å²) in [7, 11) is 2.10. The highest BCUT2D eigenvalue weighted by Crippen LogP contribution is 2.24. The molecule has 2 N–H and O–H groups in total. The van der Waals surface area contributed by atoms with E-state index in [1.54, 1.807) is 0 Å². The van der Waals surface area contributed by atoms with Gasteiger partial charge in [-0.1, -0.05) is 22.0 Å². The molecule has 0 atom stereocenters. The van der Waals surface area contributed by atoms with Gasteiger partial charge in [-0.2, -0.15) is 0 Å². The molecule has 0 bridgehead atoms. The molecule has 0 saturated carbocycles. The molecule has 0 aliphatic heterocycles. The number of nitrogens with two attached hydrogens (primary N) is 1. The van der Waals surface area contributed by atoms with Crippen LogP contribution in [0.4, 0.5) is 5.69 Å². The zero-order chi connectivity index (χ0) is 13.7. The minimum absolute atomic E-state index is 0.558. The number of anilines is 1. The first-order chi connectivity index (χ1) is 9.20. The van der Waals surface area contributed by atoms with Crippen molar-refractivity contribution in [2.45, 2.75) is 13.0 Å². The SMILES string of the molecule is CN(CCc1ccncc1)c1cc(Br)ccc1CN. The number of halogens is 1. The average molecular weight is 320 g/mol. The van der Waals surface area contributed by atoms with Gasteiger partial charge in [-0.3, -0.25) is 4.98 Å². The Labute approximate surface area is 122 Å². The van der Waals surface area contributed by atoms with Crippen molar-refractivity contribution in [3.63, 3.8) is 0 Å². The van der Waals surface area contributed by atoms with Gasteiger partial charge in [0.25, 0.3) is 0 Å². The fraction of sp³-hybridized carbons (Fsp3) is 0.267. The molecular weight excluding hydrogens is 302 g/mol. The van der Waals surface area contributed by atoms with E-state index in [9.17, 15) is 0 Å². The fourth-order valence-electron chi connectivity index (χ4n) is 2.03. The number of aromatic nitrogens is 1. The van der Waals surface area contributed by atoms with Gasteiger partial charge in [0.15, 0.2) is 0 Å². The van der Waals surface area contributed by atoms with Crippen molar-refractivity contribution in [3.8, 4) is 0 Å². The van der Waals surface area contributed by atoms with Gasteiger partial charge in [0.2, 0.25) is 0 Å². The van der Waals surface area contributed by atoms with Crippen LogP contribution in [0, 0.1) is 0 Å². The van der Waals surface area contributed by atoms with Crippen LogP contribution in [0.2, 0.25) is 0 Å². The molecule has 0 aliphatic carbocycles. The maximum absolute atomic E-state index is 5.80. The normalized spacial score (nSPS) is 10.5. The topological polar surface area (TPSA) is 42.2 Å². The van der Waals surface area contributed by atoms with Gasteiger partial charge in [-0.15, -0.1) is 0 Å². The van der Waals surface area contributed by atoms with Crippen molar-refractivity contribution in [1.29, 1.82) is 0 Å². The van der Waals surface area contributed by atoms with Crippen LogP contribution < -0.4 is 10.6 Å². The van der Waals surface area contributed by atoms with Crippen LogP contribution in [0.15, 0.2) is 47.2 Å². The smallest absolute Gasteiger partial charge is 0.0420 e. The zero-order valence-electron chi connectivity index (χ0n) is 11.0. The number of likely N-dealkylation sites (N-methyl/N-ethyl adjacent to an activating group) is 1. The van der Waals surface area contributed by atoms with Crippen molar-refractivity contribution in [1.82, 2.24) is 4.98 Å². The summed E-state index contributed by atoms with van der Waals surface area (Å²) in [4.78, 5) is 6.28. The molecule has 2 rings (SSSR count). The second-order valence-electron chi connectivity index (χ2n) is 4.50. The predicted octanol–water partition coefficient (Wildman–Crippen LogP) is 2.98. The molecule has 1 heterocycles. The highest BCUT2D eigenvalue weighted by atomic mass is 79.9. The lowest BCUT2D eigenvalue weighted by molar-refractivity contribution is 0.863. The molecule has 4 heteroatoms. The summed E-state index contributed by atoms with van der Waals surface area (Å²) in [6, 6.07) is 10.3. The maximum atomic E-state index is 5.80. The van der Waals surface area contributed by atoms with Gasteiger partial charge >= 0.3 is 0 Å². The Morgan fingerprint density at radius 3 is 2.63 bits per heavy atom. The van der Waals surface area contributed by atoms with Crippen molar-refractivity contribution in [2.75, 3.05) is 18.5 Å². The van der Waals surface area contributed by atoms with E-state index >= 15 is 0 Å². The van der Waals surface area contributed by atoms with Crippen LogP contribution >= 0.6 is 15.9 Å². The predicted molar refractivity (Wildman–Crippen MR) is 83.2 cm³/mol. The molecule has 1 aromatic carbocycles. The molecule has 3 nitrogen and oxygen atoms in total. The van der Waals surface area contributed by atoms with Gasteiger partial charge in [-0.25, -0.2) is 0 Å². The van der Waals surface area contributed by atoms with Crippen LogP contribution in [0.5, 0.6) is 0 Å². The van der Waals surface area contributed by atoms with Gasteiger partial charge in [0.05, 0.1) is 0 Å². The lowest BCUT2D eigenvalue weighted by Crippen LogP contribution is -2.22. The largest absolute Gasteiger partial charge is 0.374 e. The summed E-state index contributed by atoms with van der Waals surface area (Å²) >= 11 is 3.51. The highest BCUT2D eigenvalue weighted by Gasteiger charge is 2.07. The fourth-order valence-corrected chi connectivity index (χ4v) is 2.38. The Balaban J connectivity index is 2.07. The van der Waals surface area contributed by atoms with Gasteiger partial charge < -0.3 is 10.6 Å². The summed E-state index contributed by atoms with van der Waals surface area (Å²) in [6.07, 6.45) is 4.66. The van der Waals surface area contributed by atoms with Crippen molar-refractivity contribution >= 4 is 21.6 Å². The van der Waals surface area contributed by atoms with Crippen LogP contribution in [-0.2, 0) is 13.0 Å². The van der Waals surface area contributed by atoms with E-state index in [1.165, 1.54) is 16.8 Å². The number of nitrogens with zero attached hydrogens (tertiary/aromatic N) is 2. The van der Waals surface area contributed by atoms with Crippen molar-refractivity contribution in [3.05, 3.63) is 58.3 Å². The summed E-state index contributed by atoms with van der Waals surface area (Å²) in [5.41, 5.74) is 9.45. The molecule has 0 saturated heterocycles. The summed E-state index contributed by atoms with van der Waals surface area (Å²) in [5, 5.41) is 0. The van der Waals surface area contributed by atoms with Crippen LogP contribution in [-0.4, -0.2) is 18.6 Å². The number of hydrogen-bond donors (Lipinski definition) is 1. The molecule has 2 aromatic rings. The summed E-state index contributed by atoms with van der Waals surface area (Å²) in [6.45, 7) is 1.51. The highest BCUT2D eigenvalue weighted by molar-refractivity contribution is 9.10. The van der Waals surface area contributed by atoms with Gasteiger partial charge in [0, 0.05) is 42.7 Å². The number of hydrogen-bond acceptors (Lipinski definition) is 3. The minimum Gasteiger partial charge on any atom is -0.374 e. The maximum Gasteiger partial charge on any atom is 0.0420 e. The monoisotopic (exact) mass is 319 g/mol. The summed E-state index contributed by atoms with van der Waals surface area (Å²) < 4.78 is 1.08. The van der Waals surface area contributed by atoms with Crippen molar-refractivity contribution < 1.29 is 0 Å². The molecule has 0 fully saturated rings. The molecular formula is C15H18BrN3. The Bertz CT molecular complexity index is 528. The standard InChI is InChI=1S/C15H18BrN3/c1-19(9-6-12-4-7-18-8-5-12)15-10-14(16)3-2-13(15)11-17/h2-5,7-8,10H,6,9,11,17H2,1H3. The second kappa shape index (κ2) is 6.68. The molecule has 100 valence electrons. The van der Waals surface area contributed by atoms with Crippen LogP contribution in [0.25, 0.3) is 0 Å². The van der Waals surface area contributed by atoms with E-state index in [0.717, 1.165) is 17.4 Å². The van der Waals surface area contributed by atoms with E-state index in [-0.39, 0.29) is 0 Å². The van der Waals surface area contributed by atoms with Gasteiger partial charge in [-0.05, 0) is 41.8 Å². The Morgan fingerprint density at radius 1 is 1.21 bits per heavy atom. The molecule has 0 radical (unpaired) electrons. The Kier molecular flexibility index (Phi) is 4.93. The molecule has 19 heavy (non-hydrogen) atoms. The first-order valence-electron chi connectivity index (χ1n) is 6.29. The first-order valence-corrected chi connectivity index (χ1v) is 7.08. The van der Waals surface area contributed by atoms with E-state index < -0.39 is 0 Å². The first kappa shape index (κ1) is 14.0. The Hall–Kier alpha value is -1.39. The number of rotatable bonds is 5. The zero-order valence-corrected chi connectivity index (χ0v) is 12.6. The molecule has 0 spiro atoms. The lowest BCUT2D eigenvalue weighted by atomic mass is 10.1. The molecule has 0 amide bonds. The van der Waals surface area contributed by atoms with Crippen LogP contribution in [0.1, 0.15) is 11.1 Å². The second-order valence-corrected chi connectivity index (χ2v) is 5.42. The van der Waals surface area contributed by atoms with E-state index in [0.29, 0.717) is 6.54 Å². The third-order valence-corrected chi connectivity index (χ3v) is 3.66. The quantitative estimate of drug-likeness (QED) is 0.921. The molecule has 0 unspecified atom stereocenters. The van der Waals surface area contributed by atoms with E-state index in [4.69, 9.17) is 5.73 Å². The van der Waals surface area contributed by atoms with Crippen LogP contribution in [0.3, 0.4) is 0 Å². The van der Waals surface area contributed by atoms with E-state index in [2.05, 4.69) is 57.1 Å². The Morgan fingerprint density at radius 2 is 1.95 bits per heavy atom. The van der Waals surface area contributed by atoms with Crippen molar-refractivity contribution in [2.24, 2.45) is 5.73 Å². The molecule has 0 aliphatic rings. The summed E-state index contributed by atoms with van der Waals surface area (Å²) in [5.74, 6) is 0. The number of pyridine rings is 1. The molecule has 1 aromatic heterocycles. The van der Waals surface area contributed by atoms with E-state index in [1.807, 2.05) is 18.5 Å². The third-order valence-electron chi connectivity index (χ3n) is 3.16. The minimum atomic E-state index is 0.558.